The number of aliphatic hydroxyl groups is 1. The molecule has 1 aromatic carbocycles. The molecule has 0 unspecified atom stereocenters. The fraction of sp³-hybridized carbons (Fsp3) is 0.450. The van der Waals surface area contributed by atoms with Gasteiger partial charge in [-0.05, 0) is 50.3 Å². The highest BCUT2D eigenvalue weighted by Gasteiger charge is 2.26. The van der Waals surface area contributed by atoms with Gasteiger partial charge in [0.1, 0.15) is 5.69 Å². The molecular weight excluding hydrogens is 380 g/mol. The molecule has 2 aromatic rings. The topological polar surface area (TPSA) is 96.3 Å². The van der Waals surface area contributed by atoms with Crippen molar-refractivity contribution in [2.24, 2.45) is 0 Å². The second kappa shape index (κ2) is 8.75. The average Bonchev–Trinajstić information content (AvgIpc) is 3.14. The highest BCUT2D eigenvalue weighted by molar-refractivity contribution is 6.30. The van der Waals surface area contributed by atoms with Gasteiger partial charge in [0, 0.05) is 24.2 Å². The number of carbonyl (C=O) groups excluding carboxylic acids is 2. The molecule has 2 amide bonds. The van der Waals surface area contributed by atoms with Gasteiger partial charge in [0.15, 0.2) is 5.69 Å². The first-order chi connectivity index (χ1) is 13.4. The van der Waals surface area contributed by atoms with Crippen LogP contribution in [-0.2, 0) is 0 Å². The Hall–Kier alpha value is -2.38. The third-order valence-electron chi connectivity index (χ3n) is 5.16. The third kappa shape index (κ3) is 4.54. The number of halogens is 1. The molecule has 0 radical (unpaired) electrons. The van der Waals surface area contributed by atoms with E-state index in [1.807, 2.05) is 25.1 Å². The first-order valence-electron chi connectivity index (χ1n) is 9.45. The third-order valence-corrected chi connectivity index (χ3v) is 5.39. The minimum absolute atomic E-state index is 0.00387. The van der Waals surface area contributed by atoms with Gasteiger partial charge in [-0.3, -0.25) is 14.3 Å². The van der Waals surface area contributed by atoms with Crippen LogP contribution in [-0.4, -0.2) is 45.9 Å². The van der Waals surface area contributed by atoms with Crippen LogP contribution in [0, 0.1) is 0 Å². The molecule has 7 nitrogen and oxygen atoms in total. The van der Waals surface area contributed by atoms with E-state index >= 15 is 0 Å². The number of nitrogens with one attached hydrogen (secondary N) is 2. The molecule has 1 atom stereocenters. The first-order valence-corrected chi connectivity index (χ1v) is 9.83. The Kier molecular flexibility index (Phi) is 6.36. The molecule has 0 bridgehead atoms. The molecule has 28 heavy (non-hydrogen) atoms. The molecule has 1 fully saturated rings. The Bertz CT molecular complexity index is 859. The molecule has 0 saturated heterocycles. The van der Waals surface area contributed by atoms with Gasteiger partial charge in [-0.15, -0.1) is 0 Å². The van der Waals surface area contributed by atoms with Crippen molar-refractivity contribution in [1.29, 1.82) is 0 Å². The molecule has 150 valence electrons. The van der Waals surface area contributed by atoms with E-state index in [1.54, 1.807) is 10.7 Å². The number of rotatable bonds is 5. The van der Waals surface area contributed by atoms with E-state index in [0.717, 1.165) is 18.4 Å². The van der Waals surface area contributed by atoms with Gasteiger partial charge in [0.25, 0.3) is 11.8 Å². The van der Waals surface area contributed by atoms with Gasteiger partial charge in [-0.25, -0.2) is 0 Å². The SMILES string of the molecule is CNC(=O)c1cc(C(=O)NC2CCC(O)CC2)n([C@@H](C)c2cccc(Cl)c2)n1. The van der Waals surface area contributed by atoms with Crippen molar-refractivity contribution < 1.29 is 14.7 Å². The number of hydrogen-bond donors (Lipinski definition) is 3. The second-order valence-corrected chi connectivity index (χ2v) is 7.58. The maximum absolute atomic E-state index is 12.9. The van der Waals surface area contributed by atoms with Crippen molar-refractivity contribution in [3.05, 3.63) is 52.3 Å². The summed E-state index contributed by atoms with van der Waals surface area (Å²) in [5.41, 5.74) is 1.38. The summed E-state index contributed by atoms with van der Waals surface area (Å²) in [4.78, 5) is 25.0. The number of nitrogens with zero attached hydrogens (tertiary/aromatic N) is 2. The number of benzene rings is 1. The number of aromatic nitrogens is 2. The van der Waals surface area contributed by atoms with E-state index in [0.29, 0.717) is 23.6 Å². The lowest BCUT2D eigenvalue weighted by Crippen LogP contribution is -2.39. The van der Waals surface area contributed by atoms with E-state index in [4.69, 9.17) is 11.6 Å². The predicted octanol–water partition coefficient (Wildman–Crippen LogP) is 2.54. The summed E-state index contributed by atoms with van der Waals surface area (Å²) < 4.78 is 1.56. The monoisotopic (exact) mass is 404 g/mol. The number of aliphatic hydroxyl groups excluding tert-OH is 1. The highest BCUT2D eigenvalue weighted by Crippen LogP contribution is 2.24. The van der Waals surface area contributed by atoms with Crippen LogP contribution in [0.5, 0.6) is 0 Å². The zero-order chi connectivity index (χ0) is 20.3. The van der Waals surface area contributed by atoms with Crippen LogP contribution in [0.4, 0.5) is 0 Å². The molecule has 0 spiro atoms. The van der Waals surface area contributed by atoms with Crippen LogP contribution in [0.15, 0.2) is 30.3 Å². The fourth-order valence-corrected chi connectivity index (χ4v) is 3.68. The highest BCUT2D eigenvalue weighted by atomic mass is 35.5. The van der Waals surface area contributed by atoms with Gasteiger partial charge in [0.05, 0.1) is 12.1 Å². The Morgan fingerprint density at radius 3 is 2.57 bits per heavy atom. The predicted molar refractivity (Wildman–Crippen MR) is 107 cm³/mol. The second-order valence-electron chi connectivity index (χ2n) is 7.15. The van der Waals surface area contributed by atoms with Gasteiger partial charge < -0.3 is 15.7 Å². The quantitative estimate of drug-likeness (QED) is 0.713. The summed E-state index contributed by atoms with van der Waals surface area (Å²) in [6.45, 7) is 1.90. The van der Waals surface area contributed by atoms with E-state index in [9.17, 15) is 14.7 Å². The Morgan fingerprint density at radius 1 is 1.21 bits per heavy atom. The molecule has 1 saturated carbocycles. The lowest BCUT2D eigenvalue weighted by Gasteiger charge is -2.26. The molecule has 3 rings (SSSR count). The molecular formula is C20H25ClN4O3. The Labute approximate surface area is 169 Å². The minimum atomic E-state index is -0.355. The Morgan fingerprint density at radius 2 is 1.93 bits per heavy atom. The van der Waals surface area contributed by atoms with Crippen molar-refractivity contribution in [3.63, 3.8) is 0 Å². The zero-order valence-corrected chi connectivity index (χ0v) is 16.7. The number of hydrogen-bond acceptors (Lipinski definition) is 4. The molecule has 1 aliphatic carbocycles. The summed E-state index contributed by atoms with van der Waals surface area (Å²) in [5, 5.41) is 20.2. The van der Waals surface area contributed by atoms with Crippen LogP contribution < -0.4 is 10.6 Å². The smallest absolute Gasteiger partial charge is 0.271 e. The Balaban J connectivity index is 1.89. The first kappa shape index (κ1) is 20.4. The van der Waals surface area contributed by atoms with Crippen molar-refractivity contribution in [3.8, 4) is 0 Å². The standard InChI is InChI=1S/C20H25ClN4O3/c1-12(13-4-3-5-14(21)10-13)25-18(11-17(24-25)19(27)22-2)20(28)23-15-6-8-16(26)9-7-15/h3-5,10-12,15-16,26H,6-9H2,1-2H3,(H,22,27)(H,23,28)/t12-,15?,16?/m0/s1. The van der Waals surface area contributed by atoms with Crippen LogP contribution in [0.3, 0.4) is 0 Å². The minimum Gasteiger partial charge on any atom is -0.393 e. The van der Waals surface area contributed by atoms with Gasteiger partial charge in [0.2, 0.25) is 0 Å². The van der Waals surface area contributed by atoms with E-state index in [-0.39, 0.29) is 35.7 Å². The zero-order valence-electron chi connectivity index (χ0n) is 16.0. The average molecular weight is 405 g/mol. The summed E-state index contributed by atoms with van der Waals surface area (Å²) in [5.74, 6) is -0.634. The van der Waals surface area contributed by atoms with Crippen LogP contribution in [0.1, 0.15) is 65.2 Å². The van der Waals surface area contributed by atoms with Crippen molar-refractivity contribution in [2.45, 2.75) is 50.8 Å². The van der Waals surface area contributed by atoms with E-state index < -0.39 is 0 Å². The van der Waals surface area contributed by atoms with Gasteiger partial charge in [-0.1, -0.05) is 23.7 Å². The van der Waals surface area contributed by atoms with Crippen molar-refractivity contribution >= 4 is 23.4 Å². The molecule has 1 aromatic heterocycles. The van der Waals surface area contributed by atoms with Crippen LogP contribution >= 0.6 is 11.6 Å². The normalized spacial score (nSPS) is 20.4. The fourth-order valence-electron chi connectivity index (χ4n) is 3.49. The summed E-state index contributed by atoms with van der Waals surface area (Å²) in [7, 11) is 1.52. The summed E-state index contributed by atoms with van der Waals surface area (Å²) in [6.07, 6.45) is 2.51. The molecule has 1 heterocycles. The van der Waals surface area contributed by atoms with Gasteiger partial charge in [-0.2, -0.15) is 5.10 Å². The van der Waals surface area contributed by atoms with Crippen molar-refractivity contribution in [2.75, 3.05) is 7.05 Å². The van der Waals surface area contributed by atoms with Crippen molar-refractivity contribution in [1.82, 2.24) is 20.4 Å². The molecule has 3 N–H and O–H groups in total. The molecule has 1 aliphatic rings. The van der Waals surface area contributed by atoms with E-state index in [1.165, 1.54) is 13.1 Å². The molecule has 0 aliphatic heterocycles. The molecule has 8 heteroatoms. The number of amides is 2. The lowest BCUT2D eigenvalue weighted by atomic mass is 9.93. The van der Waals surface area contributed by atoms with Gasteiger partial charge >= 0.3 is 0 Å². The van der Waals surface area contributed by atoms with Crippen LogP contribution in [0.2, 0.25) is 5.02 Å². The van der Waals surface area contributed by atoms with Crippen LogP contribution in [0.25, 0.3) is 0 Å². The maximum Gasteiger partial charge on any atom is 0.271 e. The summed E-state index contributed by atoms with van der Waals surface area (Å²) >= 11 is 6.10. The lowest BCUT2D eigenvalue weighted by molar-refractivity contribution is 0.0856. The number of carbonyl (C=O) groups is 2. The summed E-state index contributed by atoms with van der Waals surface area (Å²) in [6, 6.07) is 8.56. The maximum atomic E-state index is 12.9. The van der Waals surface area contributed by atoms with E-state index in [2.05, 4.69) is 15.7 Å². The largest absolute Gasteiger partial charge is 0.393 e.